The monoisotopic (exact) mass is 396 g/mol. The molecule has 0 atom stereocenters. The number of nitrogens with two attached hydrogens (primary N) is 1. The lowest BCUT2D eigenvalue weighted by Crippen LogP contribution is -2.11. The van der Waals surface area contributed by atoms with Crippen molar-refractivity contribution in [2.24, 2.45) is 0 Å². The number of nitrogens with zero attached hydrogens (tertiary/aromatic N) is 3. The molecule has 0 bridgehead atoms. The minimum absolute atomic E-state index is 0. The molecule has 0 saturated heterocycles. The van der Waals surface area contributed by atoms with E-state index >= 15 is 0 Å². The highest BCUT2D eigenvalue weighted by atomic mass is 32.2. The van der Waals surface area contributed by atoms with Gasteiger partial charge in [0.25, 0.3) is 15.9 Å². The van der Waals surface area contributed by atoms with Gasteiger partial charge in [0, 0.05) is 0 Å². The molecule has 1 aliphatic carbocycles. The van der Waals surface area contributed by atoms with Crippen molar-refractivity contribution in [3.05, 3.63) is 29.1 Å². The number of nitrogen functional groups attached to an aromatic ring is 1. The lowest BCUT2D eigenvalue weighted by Gasteiger charge is -2.14. The van der Waals surface area contributed by atoms with Crippen LogP contribution in [0.4, 0.5) is 23.8 Å². The molecule has 0 spiro atoms. The maximum Gasteiger partial charge on any atom is 0.453 e. The standard InChI is InChI=1S/C14H15F3N4O3S.FH/c1-2-7-5-9(8-3-4-8)11(25(22,23)24)6-10(7)21-13(18)19-12(20-21)14(15,16)17;/h5-6,8H,2-4H2,1H3,(H2,18,19,20)(H,22,23,24);1H. The lowest BCUT2D eigenvalue weighted by atomic mass is 10.0. The quantitative estimate of drug-likeness (QED) is 0.607. The van der Waals surface area contributed by atoms with Crippen LogP contribution in [0.15, 0.2) is 17.0 Å². The molecule has 144 valence electrons. The van der Waals surface area contributed by atoms with Crippen LogP contribution in [0.5, 0.6) is 0 Å². The molecule has 0 aliphatic heterocycles. The predicted octanol–water partition coefficient (Wildman–Crippen LogP) is 2.71. The van der Waals surface area contributed by atoms with Crippen molar-refractivity contribution in [1.29, 1.82) is 0 Å². The summed E-state index contributed by atoms with van der Waals surface area (Å²) in [6, 6.07) is 2.68. The minimum Gasteiger partial charge on any atom is -0.368 e. The normalized spacial score (nSPS) is 15.0. The fraction of sp³-hybridized carbons (Fsp3) is 0.429. The van der Waals surface area contributed by atoms with E-state index in [2.05, 4.69) is 10.1 Å². The molecule has 2 aromatic rings. The van der Waals surface area contributed by atoms with E-state index in [1.807, 2.05) is 0 Å². The molecule has 3 N–H and O–H groups in total. The number of alkyl halides is 3. The van der Waals surface area contributed by atoms with E-state index in [-0.39, 0.29) is 21.2 Å². The molecule has 1 aromatic heterocycles. The molecule has 0 amide bonds. The zero-order valence-electron chi connectivity index (χ0n) is 13.5. The highest BCUT2D eigenvalue weighted by Gasteiger charge is 2.37. The summed E-state index contributed by atoms with van der Waals surface area (Å²) in [5.74, 6) is -1.94. The van der Waals surface area contributed by atoms with Crippen LogP contribution in [0.25, 0.3) is 5.69 Å². The van der Waals surface area contributed by atoms with Gasteiger partial charge in [-0.05, 0) is 42.4 Å². The third-order valence-corrected chi connectivity index (χ3v) is 4.91. The number of hydrogen-bond acceptors (Lipinski definition) is 5. The van der Waals surface area contributed by atoms with E-state index in [1.54, 1.807) is 13.0 Å². The molecule has 0 unspecified atom stereocenters. The molecule has 1 aliphatic rings. The van der Waals surface area contributed by atoms with Gasteiger partial charge >= 0.3 is 6.18 Å². The van der Waals surface area contributed by atoms with Crippen molar-refractivity contribution in [3.63, 3.8) is 0 Å². The maximum absolute atomic E-state index is 12.8. The zero-order valence-corrected chi connectivity index (χ0v) is 14.3. The molecular formula is C14H16F4N4O3S. The summed E-state index contributed by atoms with van der Waals surface area (Å²) >= 11 is 0. The Kier molecular flexibility index (Phi) is 5.03. The summed E-state index contributed by atoms with van der Waals surface area (Å²) in [7, 11) is -4.55. The lowest BCUT2D eigenvalue weighted by molar-refractivity contribution is -0.144. The van der Waals surface area contributed by atoms with Gasteiger partial charge in [-0.1, -0.05) is 13.0 Å². The van der Waals surface area contributed by atoms with Crippen molar-refractivity contribution < 1.29 is 30.8 Å². The molecule has 1 aromatic carbocycles. The van der Waals surface area contributed by atoms with E-state index in [1.165, 1.54) is 0 Å². The third-order valence-electron chi connectivity index (χ3n) is 4.00. The van der Waals surface area contributed by atoms with Crippen molar-refractivity contribution >= 4 is 16.1 Å². The number of benzene rings is 1. The van der Waals surface area contributed by atoms with E-state index in [9.17, 15) is 26.1 Å². The first-order valence-electron chi connectivity index (χ1n) is 7.46. The SMILES string of the molecule is CCc1cc(C2CC2)c(S(=O)(=O)O)cc1-n1nc(C(F)(F)F)nc1N.F. The minimum atomic E-state index is -4.79. The first kappa shape index (κ1) is 20.1. The summed E-state index contributed by atoms with van der Waals surface area (Å²) in [6.45, 7) is 1.76. The average Bonchev–Trinajstić information content (AvgIpc) is 3.26. The Balaban J connectivity index is 0.00000243. The topological polar surface area (TPSA) is 111 Å². The number of halogens is 4. The van der Waals surface area contributed by atoms with Crippen LogP contribution in [-0.4, -0.2) is 27.7 Å². The molecule has 3 rings (SSSR count). The highest BCUT2D eigenvalue weighted by Crippen LogP contribution is 2.44. The van der Waals surface area contributed by atoms with Crippen molar-refractivity contribution in [3.8, 4) is 5.69 Å². The Bertz CT molecular complexity index is 936. The van der Waals surface area contributed by atoms with E-state index in [4.69, 9.17) is 5.73 Å². The van der Waals surface area contributed by atoms with Gasteiger partial charge in [-0.2, -0.15) is 31.3 Å². The van der Waals surface area contributed by atoms with Crippen molar-refractivity contribution in [2.45, 2.75) is 43.2 Å². The molecule has 1 heterocycles. The van der Waals surface area contributed by atoms with Gasteiger partial charge in [0.1, 0.15) is 0 Å². The van der Waals surface area contributed by atoms with Gasteiger partial charge in [-0.15, -0.1) is 5.10 Å². The smallest absolute Gasteiger partial charge is 0.368 e. The molecule has 0 radical (unpaired) electrons. The number of rotatable bonds is 4. The third kappa shape index (κ3) is 3.65. The number of hydrogen-bond donors (Lipinski definition) is 2. The van der Waals surface area contributed by atoms with Crippen LogP contribution >= 0.6 is 0 Å². The largest absolute Gasteiger partial charge is 0.453 e. The summed E-state index contributed by atoms with van der Waals surface area (Å²) in [6.07, 6.45) is -2.81. The van der Waals surface area contributed by atoms with E-state index in [0.29, 0.717) is 17.5 Å². The highest BCUT2D eigenvalue weighted by molar-refractivity contribution is 7.85. The van der Waals surface area contributed by atoms with Crippen molar-refractivity contribution in [1.82, 2.24) is 14.8 Å². The molecule has 1 fully saturated rings. The van der Waals surface area contributed by atoms with Crippen LogP contribution in [-0.2, 0) is 22.7 Å². The van der Waals surface area contributed by atoms with Crippen LogP contribution in [0.3, 0.4) is 0 Å². The fourth-order valence-electron chi connectivity index (χ4n) is 2.67. The zero-order chi connectivity index (χ0) is 18.6. The van der Waals surface area contributed by atoms with Gasteiger partial charge in [0.2, 0.25) is 5.95 Å². The summed E-state index contributed by atoms with van der Waals surface area (Å²) in [5, 5.41) is 3.35. The average molecular weight is 396 g/mol. The molecule has 26 heavy (non-hydrogen) atoms. The van der Waals surface area contributed by atoms with Gasteiger partial charge in [0.15, 0.2) is 0 Å². The van der Waals surface area contributed by atoms with Gasteiger partial charge in [-0.3, -0.25) is 9.26 Å². The van der Waals surface area contributed by atoms with Gasteiger partial charge < -0.3 is 5.73 Å². The Morgan fingerprint density at radius 1 is 1.35 bits per heavy atom. The van der Waals surface area contributed by atoms with Crippen LogP contribution in [0.1, 0.15) is 42.6 Å². The Morgan fingerprint density at radius 2 is 1.96 bits per heavy atom. The second-order valence-corrected chi connectivity index (χ2v) is 7.21. The summed E-state index contributed by atoms with van der Waals surface area (Å²) in [4.78, 5) is 2.85. The summed E-state index contributed by atoms with van der Waals surface area (Å²) < 4.78 is 72.1. The second kappa shape index (κ2) is 6.50. The molecule has 7 nitrogen and oxygen atoms in total. The molecule has 12 heteroatoms. The Hall–Kier alpha value is -2.21. The van der Waals surface area contributed by atoms with E-state index in [0.717, 1.165) is 23.6 Å². The number of aromatic nitrogens is 3. The van der Waals surface area contributed by atoms with Crippen LogP contribution in [0.2, 0.25) is 0 Å². The van der Waals surface area contributed by atoms with Crippen LogP contribution in [0, 0.1) is 0 Å². The first-order valence-corrected chi connectivity index (χ1v) is 8.90. The van der Waals surface area contributed by atoms with Crippen LogP contribution < -0.4 is 5.73 Å². The molecule has 1 saturated carbocycles. The predicted molar refractivity (Wildman–Crippen MR) is 84.4 cm³/mol. The van der Waals surface area contributed by atoms with E-state index < -0.39 is 28.1 Å². The Labute approximate surface area is 146 Å². The molecular weight excluding hydrogens is 380 g/mol. The van der Waals surface area contributed by atoms with Gasteiger partial charge in [-0.25, -0.2) is 0 Å². The summed E-state index contributed by atoms with van der Waals surface area (Å²) in [5.41, 5.74) is 6.59. The first-order chi connectivity index (χ1) is 11.5. The number of anilines is 1. The van der Waals surface area contributed by atoms with Gasteiger partial charge in [0.05, 0.1) is 10.6 Å². The van der Waals surface area contributed by atoms with Crippen molar-refractivity contribution in [2.75, 3.05) is 5.73 Å². The maximum atomic E-state index is 12.8. The fourth-order valence-corrected chi connectivity index (χ4v) is 3.46. The Morgan fingerprint density at radius 3 is 2.38 bits per heavy atom. The number of aryl methyl sites for hydroxylation is 1. The second-order valence-electron chi connectivity index (χ2n) is 5.82.